The van der Waals surface area contributed by atoms with Gasteiger partial charge >= 0.3 is 0 Å². The fraction of sp³-hybridized carbons (Fsp3) is 0.143. The van der Waals surface area contributed by atoms with Crippen molar-refractivity contribution in [1.29, 1.82) is 0 Å². The monoisotopic (exact) mass is 344 g/mol. The van der Waals surface area contributed by atoms with E-state index in [4.69, 9.17) is 4.42 Å². The molecule has 4 rings (SSSR count). The molecule has 0 unspecified atom stereocenters. The number of rotatable bonds is 6. The van der Waals surface area contributed by atoms with Gasteiger partial charge in [-0.1, -0.05) is 42.5 Å². The zero-order chi connectivity index (χ0) is 17.8. The molecule has 0 fully saturated rings. The largest absolute Gasteiger partial charge is 0.467 e. The van der Waals surface area contributed by atoms with Crippen LogP contribution in [0.2, 0.25) is 0 Å². The Bertz CT molecular complexity index is 916. The fourth-order valence-electron chi connectivity index (χ4n) is 3.05. The molecule has 2 aromatic carbocycles. The second kappa shape index (κ2) is 7.37. The van der Waals surface area contributed by atoms with Gasteiger partial charge in [0.05, 0.1) is 18.0 Å². The SMILES string of the molecule is C[C@H](N[C@@H](c1ccccc1)c1ccco1)c1ccc(-n2cncn2)cc1. The van der Waals surface area contributed by atoms with Crippen LogP contribution in [-0.2, 0) is 0 Å². The number of hydrogen-bond acceptors (Lipinski definition) is 4. The molecule has 5 nitrogen and oxygen atoms in total. The summed E-state index contributed by atoms with van der Waals surface area (Å²) in [4.78, 5) is 3.99. The Morgan fingerprint density at radius 1 is 0.923 bits per heavy atom. The van der Waals surface area contributed by atoms with E-state index in [0.717, 1.165) is 11.4 Å². The smallest absolute Gasteiger partial charge is 0.138 e. The van der Waals surface area contributed by atoms with Gasteiger partial charge in [0.25, 0.3) is 0 Å². The van der Waals surface area contributed by atoms with Crippen LogP contribution in [0.1, 0.15) is 35.9 Å². The number of benzene rings is 2. The normalized spacial score (nSPS) is 13.4. The van der Waals surface area contributed by atoms with Gasteiger partial charge in [-0.05, 0) is 42.3 Å². The number of hydrogen-bond donors (Lipinski definition) is 1. The average molecular weight is 344 g/mol. The Kier molecular flexibility index (Phi) is 4.62. The predicted molar refractivity (Wildman–Crippen MR) is 99.9 cm³/mol. The van der Waals surface area contributed by atoms with E-state index in [9.17, 15) is 0 Å². The lowest BCUT2D eigenvalue weighted by Gasteiger charge is -2.23. The van der Waals surface area contributed by atoms with Crippen molar-refractivity contribution < 1.29 is 4.42 Å². The first kappa shape index (κ1) is 16.3. The third-order valence-electron chi connectivity index (χ3n) is 4.45. The Labute approximate surface area is 152 Å². The lowest BCUT2D eigenvalue weighted by molar-refractivity contribution is 0.419. The molecule has 1 N–H and O–H groups in total. The lowest BCUT2D eigenvalue weighted by atomic mass is 10.0. The van der Waals surface area contributed by atoms with Gasteiger partial charge in [0, 0.05) is 6.04 Å². The van der Waals surface area contributed by atoms with Crippen LogP contribution in [0.5, 0.6) is 0 Å². The molecule has 0 amide bonds. The highest BCUT2D eigenvalue weighted by molar-refractivity contribution is 5.35. The van der Waals surface area contributed by atoms with Crippen molar-refractivity contribution in [3.63, 3.8) is 0 Å². The zero-order valence-electron chi connectivity index (χ0n) is 14.5. The summed E-state index contributed by atoms with van der Waals surface area (Å²) in [5.41, 5.74) is 3.36. The van der Waals surface area contributed by atoms with E-state index < -0.39 is 0 Å². The second-order valence-electron chi connectivity index (χ2n) is 6.18. The van der Waals surface area contributed by atoms with Gasteiger partial charge in [-0.3, -0.25) is 5.32 Å². The molecule has 5 heteroatoms. The second-order valence-corrected chi connectivity index (χ2v) is 6.18. The van der Waals surface area contributed by atoms with Crippen LogP contribution < -0.4 is 5.32 Å². The molecule has 0 saturated carbocycles. The van der Waals surface area contributed by atoms with Gasteiger partial charge < -0.3 is 4.42 Å². The van der Waals surface area contributed by atoms with Crippen molar-refractivity contribution in [3.05, 3.63) is 103 Å². The average Bonchev–Trinajstić information content (AvgIpc) is 3.41. The van der Waals surface area contributed by atoms with Crippen molar-refractivity contribution in [2.24, 2.45) is 0 Å². The maximum Gasteiger partial charge on any atom is 0.138 e. The molecule has 0 aliphatic carbocycles. The van der Waals surface area contributed by atoms with Crippen molar-refractivity contribution >= 4 is 0 Å². The molecule has 0 radical (unpaired) electrons. The van der Waals surface area contributed by atoms with E-state index >= 15 is 0 Å². The highest BCUT2D eigenvalue weighted by Gasteiger charge is 2.19. The number of nitrogens with zero attached hydrogens (tertiary/aromatic N) is 3. The van der Waals surface area contributed by atoms with Crippen molar-refractivity contribution in [1.82, 2.24) is 20.1 Å². The standard InChI is InChI=1S/C21H20N4O/c1-16(17-9-11-19(12-10-17)25-15-22-14-23-25)24-21(20-8-5-13-26-20)18-6-3-2-4-7-18/h2-16,21,24H,1H3/t16-,21-/m0/s1. The van der Waals surface area contributed by atoms with Crippen molar-refractivity contribution in [3.8, 4) is 5.69 Å². The Morgan fingerprint density at radius 2 is 1.73 bits per heavy atom. The molecular weight excluding hydrogens is 324 g/mol. The molecule has 4 aromatic rings. The van der Waals surface area contributed by atoms with Crippen molar-refractivity contribution in [2.45, 2.75) is 19.0 Å². The van der Waals surface area contributed by atoms with Crippen LogP contribution in [0.3, 0.4) is 0 Å². The molecule has 2 aromatic heterocycles. The predicted octanol–water partition coefficient (Wildman–Crippen LogP) is 4.30. The zero-order valence-corrected chi connectivity index (χ0v) is 14.5. The minimum absolute atomic E-state index is 0.00353. The van der Waals surface area contributed by atoms with E-state index in [0.29, 0.717) is 0 Å². The Balaban J connectivity index is 1.56. The number of furan rings is 1. The third-order valence-corrected chi connectivity index (χ3v) is 4.45. The molecule has 0 saturated heterocycles. The summed E-state index contributed by atoms with van der Waals surface area (Å²) < 4.78 is 7.42. The molecule has 0 bridgehead atoms. The van der Waals surface area contributed by atoms with Crippen LogP contribution in [0.25, 0.3) is 5.69 Å². The first-order valence-electron chi connectivity index (χ1n) is 8.60. The Morgan fingerprint density at radius 3 is 2.38 bits per heavy atom. The van der Waals surface area contributed by atoms with Gasteiger partial charge in [-0.25, -0.2) is 9.67 Å². The van der Waals surface area contributed by atoms with Crippen molar-refractivity contribution in [2.75, 3.05) is 0 Å². The topological polar surface area (TPSA) is 55.9 Å². The van der Waals surface area contributed by atoms with Gasteiger partial charge in [-0.2, -0.15) is 5.10 Å². The lowest BCUT2D eigenvalue weighted by Crippen LogP contribution is -2.25. The molecule has 2 heterocycles. The summed E-state index contributed by atoms with van der Waals surface area (Å²) in [5, 5.41) is 7.84. The van der Waals surface area contributed by atoms with E-state index in [-0.39, 0.29) is 12.1 Å². The summed E-state index contributed by atoms with van der Waals surface area (Å²) in [5.74, 6) is 0.905. The van der Waals surface area contributed by atoms with Crippen LogP contribution in [0, 0.1) is 0 Å². The van der Waals surface area contributed by atoms with E-state index in [1.165, 1.54) is 17.5 Å². The highest BCUT2D eigenvalue weighted by atomic mass is 16.3. The number of aromatic nitrogens is 3. The summed E-state index contributed by atoms with van der Waals surface area (Å²) >= 11 is 0. The third kappa shape index (κ3) is 3.43. The fourth-order valence-corrected chi connectivity index (χ4v) is 3.05. The summed E-state index contributed by atoms with van der Waals surface area (Å²) in [6.07, 6.45) is 4.94. The number of nitrogens with one attached hydrogen (secondary N) is 1. The maximum absolute atomic E-state index is 5.67. The van der Waals surface area contributed by atoms with E-state index in [2.05, 4.69) is 46.6 Å². The van der Waals surface area contributed by atoms with E-state index in [1.54, 1.807) is 17.3 Å². The minimum atomic E-state index is -0.00353. The summed E-state index contributed by atoms with van der Waals surface area (Å²) in [6, 6.07) is 22.7. The molecule has 0 aliphatic rings. The Hall–Kier alpha value is -3.18. The quantitative estimate of drug-likeness (QED) is 0.566. The van der Waals surface area contributed by atoms with Crippen LogP contribution >= 0.6 is 0 Å². The highest BCUT2D eigenvalue weighted by Crippen LogP contribution is 2.26. The summed E-state index contributed by atoms with van der Waals surface area (Å²) in [7, 11) is 0. The summed E-state index contributed by atoms with van der Waals surface area (Å²) in [6.45, 7) is 2.16. The van der Waals surface area contributed by atoms with E-state index in [1.807, 2.05) is 42.5 Å². The van der Waals surface area contributed by atoms with Crippen LogP contribution in [-0.4, -0.2) is 14.8 Å². The molecule has 2 atom stereocenters. The van der Waals surface area contributed by atoms with Gasteiger partial charge in [-0.15, -0.1) is 0 Å². The first-order chi connectivity index (χ1) is 12.8. The van der Waals surface area contributed by atoms with Crippen LogP contribution in [0.15, 0.2) is 90.1 Å². The maximum atomic E-state index is 5.67. The van der Waals surface area contributed by atoms with Gasteiger partial charge in [0.1, 0.15) is 18.4 Å². The molecular formula is C21H20N4O. The molecule has 130 valence electrons. The van der Waals surface area contributed by atoms with Gasteiger partial charge in [0.2, 0.25) is 0 Å². The van der Waals surface area contributed by atoms with Gasteiger partial charge in [0.15, 0.2) is 0 Å². The van der Waals surface area contributed by atoms with Crippen LogP contribution in [0.4, 0.5) is 0 Å². The molecule has 26 heavy (non-hydrogen) atoms. The molecule has 0 spiro atoms. The minimum Gasteiger partial charge on any atom is -0.467 e. The first-order valence-corrected chi connectivity index (χ1v) is 8.60. The molecule has 0 aliphatic heterocycles.